The summed E-state index contributed by atoms with van der Waals surface area (Å²) < 4.78 is 0. The van der Waals surface area contributed by atoms with E-state index in [1.165, 1.54) is 0 Å². The maximum atomic E-state index is 12.9. The van der Waals surface area contributed by atoms with Crippen LogP contribution in [0.5, 0.6) is 0 Å². The molecular formula is C21H18ClNOS. The van der Waals surface area contributed by atoms with Gasteiger partial charge < -0.3 is 0 Å². The summed E-state index contributed by atoms with van der Waals surface area (Å²) in [4.78, 5) is 15.8. The number of carbonyl (C=O) groups is 1. The molecule has 0 aliphatic rings. The van der Waals surface area contributed by atoms with E-state index in [0.717, 1.165) is 27.0 Å². The molecule has 25 heavy (non-hydrogen) atoms. The van der Waals surface area contributed by atoms with Crippen molar-refractivity contribution in [1.82, 2.24) is 0 Å². The average Bonchev–Trinajstić information content (AvgIpc) is 2.65. The van der Waals surface area contributed by atoms with Crippen molar-refractivity contribution in [2.75, 3.05) is 10.7 Å². The lowest BCUT2D eigenvalue weighted by atomic mass is 10.2. The third-order valence-corrected chi connectivity index (χ3v) is 4.94. The predicted octanol–water partition coefficient (Wildman–Crippen LogP) is 6.19. The number of hydrogen-bond acceptors (Lipinski definition) is 2. The third-order valence-electron chi connectivity index (χ3n) is 3.68. The molecule has 0 atom stereocenters. The standard InChI is InChI=1S/C21H18ClNOS/c22-17-11-13-20(14-12-17)25-16-15-21(24)23(18-7-3-1-4-8-18)19-9-5-2-6-10-19/h1-14H,15-16H2. The number of halogens is 1. The normalized spacial score (nSPS) is 10.4. The van der Waals surface area contributed by atoms with Gasteiger partial charge in [-0.2, -0.15) is 0 Å². The van der Waals surface area contributed by atoms with Crippen LogP contribution >= 0.6 is 23.4 Å². The van der Waals surface area contributed by atoms with Crippen molar-refractivity contribution in [3.05, 3.63) is 90.0 Å². The van der Waals surface area contributed by atoms with Crippen molar-refractivity contribution in [3.63, 3.8) is 0 Å². The van der Waals surface area contributed by atoms with E-state index < -0.39 is 0 Å². The number of anilines is 2. The van der Waals surface area contributed by atoms with Gasteiger partial charge in [-0.1, -0.05) is 48.0 Å². The van der Waals surface area contributed by atoms with Crippen LogP contribution in [-0.2, 0) is 4.79 Å². The predicted molar refractivity (Wildman–Crippen MR) is 107 cm³/mol. The Labute approximate surface area is 157 Å². The Kier molecular flexibility index (Phi) is 6.15. The number of nitrogens with zero attached hydrogens (tertiary/aromatic N) is 1. The highest BCUT2D eigenvalue weighted by molar-refractivity contribution is 7.99. The number of thioether (sulfide) groups is 1. The molecule has 0 unspecified atom stereocenters. The molecule has 0 saturated heterocycles. The Balaban J connectivity index is 1.70. The van der Waals surface area contributed by atoms with Gasteiger partial charge in [0.15, 0.2) is 0 Å². The molecule has 3 aromatic rings. The molecule has 126 valence electrons. The molecule has 0 aromatic heterocycles. The Hall–Kier alpha value is -2.23. The highest BCUT2D eigenvalue weighted by Gasteiger charge is 2.17. The van der Waals surface area contributed by atoms with Crippen LogP contribution < -0.4 is 4.90 Å². The number of benzene rings is 3. The minimum Gasteiger partial charge on any atom is -0.281 e. The molecule has 0 saturated carbocycles. The molecule has 0 aliphatic carbocycles. The second kappa shape index (κ2) is 8.75. The Morgan fingerprint density at radius 3 is 1.84 bits per heavy atom. The minimum absolute atomic E-state index is 0.0823. The summed E-state index contributed by atoms with van der Waals surface area (Å²) in [6, 6.07) is 27.2. The van der Waals surface area contributed by atoms with Crippen molar-refractivity contribution in [3.8, 4) is 0 Å². The quantitative estimate of drug-likeness (QED) is 0.484. The van der Waals surface area contributed by atoms with Crippen LogP contribution in [-0.4, -0.2) is 11.7 Å². The van der Waals surface area contributed by atoms with Crippen molar-refractivity contribution >= 4 is 40.6 Å². The summed E-state index contributed by atoms with van der Waals surface area (Å²) in [6.45, 7) is 0. The fourth-order valence-electron chi connectivity index (χ4n) is 2.49. The molecular weight excluding hydrogens is 350 g/mol. The Morgan fingerprint density at radius 1 is 0.800 bits per heavy atom. The molecule has 0 aliphatic heterocycles. The van der Waals surface area contributed by atoms with Crippen LogP contribution in [0.15, 0.2) is 89.8 Å². The van der Waals surface area contributed by atoms with E-state index in [0.29, 0.717) is 6.42 Å². The fourth-order valence-corrected chi connectivity index (χ4v) is 3.46. The fraction of sp³-hybridized carbons (Fsp3) is 0.0952. The molecule has 3 rings (SSSR count). The molecule has 0 N–H and O–H groups in total. The van der Waals surface area contributed by atoms with Crippen LogP contribution in [0.25, 0.3) is 0 Å². The maximum Gasteiger partial charge on any atom is 0.232 e. The van der Waals surface area contributed by atoms with E-state index in [2.05, 4.69) is 0 Å². The van der Waals surface area contributed by atoms with Crippen LogP contribution in [0.1, 0.15) is 6.42 Å². The molecule has 3 aromatic carbocycles. The molecule has 0 bridgehead atoms. The van der Waals surface area contributed by atoms with Gasteiger partial charge in [0.05, 0.1) is 0 Å². The first-order valence-electron chi connectivity index (χ1n) is 8.05. The van der Waals surface area contributed by atoms with Gasteiger partial charge in [0.25, 0.3) is 0 Å². The largest absolute Gasteiger partial charge is 0.281 e. The van der Waals surface area contributed by atoms with E-state index in [4.69, 9.17) is 11.6 Å². The zero-order chi connectivity index (χ0) is 17.5. The first-order chi connectivity index (χ1) is 12.2. The van der Waals surface area contributed by atoms with E-state index in [1.807, 2.05) is 84.9 Å². The smallest absolute Gasteiger partial charge is 0.232 e. The highest BCUT2D eigenvalue weighted by atomic mass is 35.5. The monoisotopic (exact) mass is 367 g/mol. The zero-order valence-corrected chi connectivity index (χ0v) is 15.2. The molecule has 0 radical (unpaired) electrons. The van der Waals surface area contributed by atoms with E-state index in [1.54, 1.807) is 16.7 Å². The van der Waals surface area contributed by atoms with Gasteiger partial charge in [0.2, 0.25) is 5.91 Å². The molecule has 0 fully saturated rings. The minimum atomic E-state index is 0.0823. The van der Waals surface area contributed by atoms with Gasteiger partial charge in [-0.15, -0.1) is 11.8 Å². The number of carbonyl (C=O) groups excluding carboxylic acids is 1. The molecule has 1 amide bonds. The second-order valence-electron chi connectivity index (χ2n) is 5.45. The van der Waals surface area contributed by atoms with E-state index >= 15 is 0 Å². The van der Waals surface area contributed by atoms with Gasteiger partial charge in [0, 0.05) is 33.5 Å². The molecule has 0 spiro atoms. The van der Waals surface area contributed by atoms with E-state index in [-0.39, 0.29) is 5.91 Å². The van der Waals surface area contributed by atoms with Gasteiger partial charge >= 0.3 is 0 Å². The van der Waals surface area contributed by atoms with E-state index in [9.17, 15) is 4.79 Å². The second-order valence-corrected chi connectivity index (χ2v) is 7.06. The van der Waals surface area contributed by atoms with Crippen molar-refractivity contribution < 1.29 is 4.79 Å². The Bertz CT molecular complexity index is 767. The molecule has 0 heterocycles. The van der Waals surface area contributed by atoms with Gasteiger partial charge in [-0.05, 0) is 48.5 Å². The first-order valence-corrected chi connectivity index (χ1v) is 9.42. The lowest BCUT2D eigenvalue weighted by Crippen LogP contribution is -2.26. The highest BCUT2D eigenvalue weighted by Crippen LogP contribution is 2.27. The number of hydrogen-bond donors (Lipinski definition) is 0. The third kappa shape index (κ3) is 4.88. The van der Waals surface area contributed by atoms with Crippen molar-refractivity contribution in [1.29, 1.82) is 0 Å². The SMILES string of the molecule is O=C(CCSc1ccc(Cl)cc1)N(c1ccccc1)c1ccccc1. The number of para-hydroxylation sites is 2. The summed E-state index contributed by atoms with van der Waals surface area (Å²) >= 11 is 7.56. The topological polar surface area (TPSA) is 20.3 Å². The molecule has 2 nitrogen and oxygen atoms in total. The average molecular weight is 368 g/mol. The number of amides is 1. The van der Waals surface area contributed by atoms with Gasteiger partial charge in [-0.25, -0.2) is 0 Å². The lowest BCUT2D eigenvalue weighted by Gasteiger charge is -2.23. The summed E-state index contributed by atoms with van der Waals surface area (Å²) in [5, 5.41) is 0.722. The summed E-state index contributed by atoms with van der Waals surface area (Å²) in [5.41, 5.74) is 1.77. The van der Waals surface area contributed by atoms with Crippen molar-refractivity contribution in [2.24, 2.45) is 0 Å². The first kappa shape index (κ1) is 17.6. The zero-order valence-electron chi connectivity index (χ0n) is 13.6. The lowest BCUT2D eigenvalue weighted by molar-refractivity contribution is -0.117. The summed E-state index contributed by atoms with van der Waals surface area (Å²) in [7, 11) is 0. The number of rotatable bonds is 6. The van der Waals surface area contributed by atoms with Crippen LogP contribution in [0.2, 0.25) is 5.02 Å². The van der Waals surface area contributed by atoms with Crippen molar-refractivity contribution in [2.45, 2.75) is 11.3 Å². The van der Waals surface area contributed by atoms with Crippen LogP contribution in [0.3, 0.4) is 0 Å². The molecule has 4 heteroatoms. The summed E-state index contributed by atoms with van der Waals surface area (Å²) in [6.07, 6.45) is 0.455. The van der Waals surface area contributed by atoms with Crippen LogP contribution in [0.4, 0.5) is 11.4 Å². The van der Waals surface area contributed by atoms with Gasteiger partial charge in [-0.3, -0.25) is 9.69 Å². The maximum absolute atomic E-state index is 12.9. The Morgan fingerprint density at radius 2 is 1.32 bits per heavy atom. The summed E-state index contributed by atoms with van der Waals surface area (Å²) in [5.74, 6) is 0.801. The van der Waals surface area contributed by atoms with Crippen LogP contribution in [0, 0.1) is 0 Å². The van der Waals surface area contributed by atoms with Gasteiger partial charge in [0.1, 0.15) is 0 Å².